The van der Waals surface area contributed by atoms with E-state index in [9.17, 15) is 4.79 Å². The third-order valence-electron chi connectivity index (χ3n) is 2.39. The Balaban J connectivity index is 2.03. The minimum atomic E-state index is -0.218. The Labute approximate surface area is 105 Å². The summed E-state index contributed by atoms with van der Waals surface area (Å²) in [6.45, 7) is 5.89. The molecule has 1 amide bonds. The maximum atomic E-state index is 11.9. The quantitative estimate of drug-likeness (QED) is 0.846. The Morgan fingerprint density at radius 2 is 2.06 bits per heavy atom. The first-order chi connectivity index (χ1) is 8.54. The van der Waals surface area contributed by atoms with Gasteiger partial charge in [-0.15, -0.1) is 0 Å². The average molecular weight is 245 g/mol. The molecular formula is C12H15N5O. The summed E-state index contributed by atoms with van der Waals surface area (Å²) >= 11 is 0. The minimum Gasteiger partial charge on any atom is -0.345 e. The Kier molecular flexibility index (Phi) is 3.36. The van der Waals surface area contributed by atoms with E-state index in [0.717, 1.165) is 17.1 Å². The number of rotatable bonds is 3. The number of carbonyl (C=O) groups is 1. The van der Waals surface area contributed by atoms with E-state index < -0.39 is 0 Å². The fraction of sp³-hybridized carbons (Fsp3) is 0.333. The lowest BCUT2D eigenvalue weighted by Crippen LogP contribution is -2.24. The summed E-state index contributed by atoms with van der Waals surface area (Å²) in [7, 11) is 0. The molecule has 0 spiro atoms. The molecule has 0 aromatic carbocycles. The molecule has 18 heavy (non-hydrogen) atoms. The van der Waals surface area contributed by atoms with Gasteiger partial charge < -0.3 is 5.32 Å². The van der Waals surface area contributed by atoms with Crippen molar-refractivity contribution in [3.8, 4) is 0 Å². The van der Waals surface area contributed by atoms with E-state index in [-0.39, 0.29) is 5.91 Å². The highest BCUT2D eigenvalue weighted by molar-refractivity contribution is 5.92. The SMILES string of the molecule is Cc1cc(C(=O)NCc2cc(C)[nH]n2)nc(C)n1. The fourth-order valence-electron chi connectivity index (χ4n) is 1.66. The zero-order valence-electron chi connectivity index (χ0n) is 10.6. The Morgan fingerprint density at radius 1 is 1.28 bits per heavy atom. The number of nitrogens with one attached hydrogen (secondary N) is 2. The maximum absolute atomic E-state index is 11.9. The summed E-state index contributed by atoms with van der Waals surface area (Å²) < 4.78 is 0. The maximum Gasteiger partial charge on any atom is 0.270 e. The van der Waals surface area contributed by atoms with Gasteiger partial charge in [0.05, 0.1) is 12.2 Å². The van der Waals surface area contributed by atoms with Gasteiger partial charge in [-0.3, -0.25) is 9.89 Å². The third kappa shape index (κ3) is 2.91. The van der Waals surface area contributed by atoms with E-state index in [0.29, 0.717) is 18.1 Å². The van der Waals surface area contributed by atoms with E-state index >= 15 is 0 Å². The van der Waals surface area contributed by atoms with E-state index in [4.69, 9.17) is 0 Å². The zero-order valence-corrected chi connectivity index (χ0v) is 10.6. The Hall–Kier alpha value is -2.24. The van der Waals surface area contributed by atoms with Gasteiger partial charge in [0.2, 0.25) is 0 Å². The van der Waals surface area contributed by atoms with E-state index in [1.807, 2.05) is 19.9 Å². The number of aromatic nitrogens is 4. The standard InChI is InChI=1S/C12H15N5O/c1-7-5-11(15-9(3)14-7)12(18)13-6-10-4-8(2)16-17-10/h4-5H,6H2,1-3H3,(H,13,18)(H,16,17). The van der Waals surface area contributed by atoms with Crippen LogP contribution in [0.5, 0.6) is 0 Å². The molecular weight excluding hydrogens is 230 g/mol. The molecule has 0 fully saturated rings. The highest BCUT2D eigenvalue weighted by atomic mass is 16.1. The number of aromatic amines is 1. The molecule has 6 heteroatoms. The van der Waals surface area contributed by atoms with Gasteiger partial charge in [-0.25, -0.2) is 9.97 Å². The highest BCUT2D eigenvalue weighted by Gasteiger charge is 2.09. The van der Waals surface area contributed by atoms with Crippen LogP contribution < -0.4 is 5.32 Å². The summed E-state index contributed by atoms with van der Waals surface area (Å²) in [5.74, 6) is 0.375. The van der Waals surface area contributed by atoms with Gasteiger partial charge in [-0.2, -0.15) is 5.10 Å². The largest absolute Gasteiger partial charge is 0.345 e. The Morgan fingerprint density at radius 3 is 2.67 bits per heavy atom. The number of hydrogen-bond acceptors (Lipinski definition) is 4. The lowest BCUT2D eigenvalue weighted by atomic mass is 10.3. The second kappa shape index (κ2) is 4.95. The molecule has 2 heterocycles. The van der Waals surface area contributed by atoms with Gasteiger partial charge in [0, 0.05) is 11.4 Å². The number of nitrogens with zero attached hydrogens (tertiary/aromatic N) is 3. The molecule has 0 bridgehead atoms. The van der Waals surface area contributed by atoms with E-state index in [1.165, 1.54) is 0 Å². The third-order valence-corrected chi connectivity index (χ3v) is 2.39. The first-order valence-corrected chi connectivity index (χ1v) is 5.66. The van der Waals surface area contributed by atoms with Crippen LogP contribution in [-0.4, -0.2) is 26.1 Å². The summed E-state index contributed by atoms with van der Waals surface area (Å²) in [5.41, 5.74) is 2.92. The Bertz CT molecular complexity index is 555. The average Bonchev–Trinajstić information content (AvgIpc) is 2.70. The van der Waals surface area contributed by atoms with Crippen molar-refractivity contribution in [3.05, 3.63) is 40.7 Å². The first kappa shape index (κ1) is 12.2. The molecule has 6 nitrogen and oxygen atoms in total. The van der Waals surface area contributed by atoms with E-state index in [2.05, 4.69) is 25.5 Å². The zero-order chi connectivity index (χ0) is 13.1. The number of amides is 1. The van der Waals surface area contributed by atoms with Crippen molar-refractivity contribution in [1.82, 2.24) is 25.5 Å². The van der Waals surface area contributed by atoms with Crippen LogP contribution in [0.3, 0.4) is 0 Å². The predicted octanol–water partition coefficient (Wildman–Crippen LogP) is 1.05. The number of hydrogen-bond donors (Lipinski definition) is 2. The van der Waals surface area contributed by atoms with Gasteiger partial charge >= 0.3 is 0 Å². The summed E-state index contributed by atoms with van der Waals surface area (Å²) in [6.07, 6.45) is 0. The second-order valence-electron chi connectivity index (χ2n) is 4.17. The first-order valence-electron chi connectivity index (χ1n) is 5.66. The van der Waals surface area contributed by atoms with Crippen molar-refractivity contribution in [1.29, 1.82) is 0 Å². The van der Waals surface area contributed by atoms with Gasteiger partial charge in [0.25, 0.3) is 5.91 Å². The molecule has 94 valence electrons. The lowest BCUT2D eigenvalue weighted by molar-refractivity contribution is 0.0945. The molecule has 0 atom stereocenters. The summed E-state index contributed by atoms with van der Waals surface area (Å²) in [6, 6.07) is 3.55. The summed E-state index contributed by atoms with van der Waals surface area (Å²) in [5, 5.41) is 9.64. The van der Waals surface area contributed by atoms with Crippen LogP contribution in [0.4, 0.5) is 0 Å². The molecule has 0 unspecified atom stereocenters. The number of aryl methyl sites for hydroxylation is 3. The smallest absolute Gasteiger partial charge is 0.270 e. The molecule has 0 aliphatic heterocycles. The van der Waals surface area contributed by atoms with Crippen molar-refractivity contribution in [3.63, 3.8) is 0 Å². The van der Waals surface area contributed by atoms with Crippen LogP contribution in [0, 0.1) is 20.8 Å². The van der Waals surface area contributed by atoms with Crippen LogP contribution in [0.2, 0.25) is 0 Å². The lowest BCUT2D eigenvalue weighted by Gasteiger charge is -2.04. The van der Waals surface area contributed by atoms with Crippen molar-refractivity contribution >= 4 is 5.91 Å². The van der Waals surface area contributed by atoms with Crippen molar-refractivity contribution in [2.24, 2.45) is 0 Å². The molecule has 0 aliphatic carbocycles. The number of carbonyl (C=O) groups excluding carboxylic acids is 1. The molecule has 0 saturated carbocycles. The van der Waals surface area contributed by atoms with E-state index in [1.54, 1.807) is 13.0 Å². The molecule has 0 saturated heterocycles. The van der Waals surface area contributed by atoms with Crippen LogP contribution >= 0.6 is 0 Å². The predicted molar refractivity (Wildman–Crippen MR) is 66.0 cm³/mol. The van der Waals surface area contributed by atoms with Crippen LogP contribution in [0.25, 0.3) is 0 Å². The van der Waals surface area contributed by atoms with Gasteiger partial charge in [-0.1, -0.05) is 0 Å². The molecule has 2 rings (SSSR count). The normalized spacial score (nSPS) is 10.4. The monoisotopic (exact) mass is 245 g/mol. The van der Waals surface area contributed by atoms with Crippen molar-refractivity contribution in [2.45, 2.75) is 27.3 Å². The number of H-pyrrole nitrogens is 1. The molecule has 0 aliphatic rings. The van der Waals surface area contributed by atoms with Crippen LogP contribution in [0.15, 0.2) is 12.1 Å². The second-order valence-corrected chi connectivity index (χ2v) is 4.17. The molecule has 2 aromatic rings. The van der Waals surface area contributed by atoms with Crippen LogP contribution in [-0.2, 0) is 6.54 Å². The van der Waals surface area contributed by atoms with Gasteiger partial charge in [0.1, 0.15) is 11.5 Å². The molecule has 2 aromatic heterocycles. The highest BCUT2D eigenvalue weighted by Crippen LogP contribution is 2.01. The van der Waals surface area contributed by atoms with Crippen molar-refractivity contribution < 1.29 is 4.79 Å². The minimum absolute atomic E-state index is 0.218. The molecule has 0 radical (unpaired) electrons. The summed E-state index contributed by atoms with van der Waals surface area (Å²) in [4.78, 5) is 20.1. The van der Waals surface area contributed by atoms with Crippen molar-refractivity contribution in [2.75, 3.05) is 0 Å². The van der Waals surface area contributed by atoms with Crippen LogP contribution in [0.1, 0.15) is 33.4 Å². The topological polar surface area (TPSA) is 83.6 Å². The van der Waals surface area contributed by atoms with Gasteiger partial charge in [-0.05, 0) is 32.9 Å². The fourth-order valence-corrected chi connectivity index (χ4v) is 1.66. The molecule has 2 N–H and O–H groups in total. The van der Waals surface area contributed by atoms with Gasteiger partial charge in [0.15, 0.2) is 0 Å².